The van der Waals surface area contributed by atoms with E-state index in [1.807, 2.05) is 30.3 Å². The summed E-state index contributed by atoms with van der Waals surface area (Å²) in [5, 5.41) is 3.31. The van der Waals surface area contributed by atoms with E-state index in [2.05, 4.69) is 5.32 Å². The first-order valence-electron chi connectivity index (χ1n) is 8.62. The van der Waals surface area contributed by atoms with Crippen molar-refractivity contribution in [2.75, 3.05) is 0 Å². The molecule has 1 aromatic heterocycles. The fourth-order valence-electron chi connectivity index (χ4n) is 2.90. The number of aromatic nitrogens is 1. The van der Waals surface area contributed by atoms with Gasteiger partial charge in [0.05, 0.1) is 6.04 Å². The molecular weight excluding hydrogens is 405 g/mol. The second kappa shape index (κ2) is 8.53. The maximum absolute atomic E-state index is 12.9. The molecule has 0 aliphatic rings. The largest absolute Gasteiger partial charge is 0.421 e. The van der Waals surface area contributed by atoms with E-state index >= 15 is 0 Å². The van der Waals surface area contributed by atoms with Gasteiger partial charge in [-0.2, -0.15) is 13.2 Å². The topological polar surface area (TPSA) is 51.1 Å². The van der Waals surface area contributed by atoms with Gasteiger partial charge >= 0.3 is 6.18 Å². The van der Waals surface area contributed by atoms with Crippen LogP contribution < -0.4 is 10.9 Å². The lowest BCUT2D eigenvalue weighted by Crippen LogP contribution is -2.36. The molecular formula is C21H16ClF3N2O2. The van der Waals surface area contributed by atoms with Gasteiger partial charge in [0, 0.05) is 11.2 Å². The van der Waals surface area contributed by atoms with Crippen molar-refractivity contribution in [2.24, 2.45) is 0 Å². The number of halogens is 4. The number of hydrogen-bond acceptors (Lipinski definition) is 2. The van der Waals surface area contributed by atoms with Gasteiger partial charge in [0.1, 0.15) is 12.1 Å². The number of hydrogen-bond donors (Lipinski definition) is 1. The summed E-state index contributed by atoms with van der Waals surface area (Å²) in [6, 6.07) is 17.1. The molecule has 1 unspecified atom stereocenters. The van der Waals surface area contributed by atoms with Crippen LogP contribution in [0.1, 0.15) is 22.7 Å². The van der Waals surface area contributed by atoms with E-state index in [1.165, 1.54) is 0 Å². The highest BCUT2D eigenvalue weighted by Gasteiger charge is 2.34. The van der Waals surface area contributed by atoms with Crippen molar-refractivity contribution in [3.63, 3.8) is 0 Å². The zero-order valence-electron chi connectivity index (χ0n) is 15.0. The fraction of sp³-hybridized carbons (Fsp3) is 0.143. The van der Waals surface area contributed by atoms with Crippen LogP contribution in [0.3, 0.4) is 0 Å². The van der Waals surface area contributed by atoms with Crippen LogP contribution in [0.25, 0.3) is 0 Å². The van der Waals surface area contributed by atoms with Gasteiger partial charge in [-0.25, -0.2) is 0 Å². The molecule has 0 radical (unpaired) electrons. The number of carbonyl (C=O) groups is 1. The maximum atomic E-state index is 12.9. The van der Waals surface area contributed by atoms with E-state index in [4.69, 9.17) is 11.6 Å². The van der Waals surface area contributed by atoms with E-state index in [9.17, 15) is 22.8 Å². The van der Waals surface area contributed by atoms with Gasteiger partial charge in [0.2, 0.25) is 5.91 Å². The molecule has 150 valence electrons. The summed E-state index contributed by atoms with van der Waals surface area (Å²) in [4.78, 5) is 24.6. The maximum Gasteiger partial charge on any atom is 0.421 e. The summed E-state index contributed by atoms with van der Waals surface area (Å²) in [6.07, 6.45) is -3.64. The molecule has 0 bridgehead atoms. The van der Waals surface area contributed by atoms with Crippen LogP contribution in [0.4, 0.5) is 13.2 Å². The molecule has 3 rings (SSSR count). The Hall–Kier alpha value is -3.06. The molecule has 0 spiro atoms. The fourth-order valence-corrected chi connectivity index (χ4v) is 3.02. The SMILES string of the molecule is O=C(Cn1cccc(C(F)(F)F)c1=O)NC(c1ccccc1)c1ccc(Cl)cc1. The second-order valence-corrected chi connectivity index (χ2v) is 6.75. The first kappa shape index (κ1) is 20.7. The van der Waals surface area contributed by atoms with E-state index in [0.717, 1.165) is 28.0 Å². The van der Waals surface area contributed by atoms with E-state index in [1.54, 1.807) is 24.3 Å². The molecule has 0 saturated carbocycles. The Morgan fingerprint density at radius 3 is 2.21 bits per heavy atom. The number of amides is 1. The van der Waals surface area contributed by atoms with Crippen molar-refractivity contribution in [1.82, 2.24) is 9.88 Å². The summed E-state index contributed by atoms with van der Waals surface area (Å²) in [5.74, 6) is -0.602. The van der Waals surface area contributed by atoms with Gasteiger partial charge in [-0.3, -0.25) is 9.59 Å². The average molecular weight is 421 g/mol. The Morgan fingerprint density at radius 1 is 0.966 bits per heavy atom. The number of nitrogens with one attached hydrogen (secondary N) is 1. The normalized spacial score (nSPS) is 12.4. The van der Waals surface area contributed by atoms with Crippen molar-refractivity contribution in [2.45, 2.75) is 18.8 Å². The summed E-state index contributed by atoms with van der Waals surface area (Å²) >= 11 is 5.93. The van der Waals surface area contributed by atoms with Crippen molar-refractivity contribution >= 4 is 17.5 Å². The van der Waals surface area contributed by atoms with Crippen LogP contribution in [0.5, 0.6) is 0 Å². The molecule has 1 atom stereocenters. The first-order valence-corrected chi connectivity index (χ1v) is 9.00. The van der Waals surface area contributed by atoms with Crippen LogP contribution in [0.15, 0.2) is 77.7 Å². The lowest BCUT2D eigenvalue weighted by molar-refractivity contribution is -0.139. The lowest BCUT2D eigenvalue weighted by Gasteiger charge is -2.20. The first-order chi connectivity index (χ1) is 13.8. The van der Waals surface area contributed by atoms with E-state index in [0.29, 0.717) is 11.1 Å². The average Bonchev–Trinajstić information content (AvgIpc) is 2.68. The Bertz CT molecular complexity index is 1050. The van der Waals surface area contributed by atoms with Gasteiger partial charge in [0.15, 0.2) is 0 Å². The number of benzene rings is 2. The Kier molecular flexibility index (Phi) is 6.08. The predicted octanol–water partition coefficient (Wildman–Crippen LogP) is 4.43. The molecule has 8 heteroatoms. The summed E-state index contributed by atoms with van der Waals surface area (Å²) in [7, 11) is 0. The molecule has 1 N–H and O–H groups in total. The third kappa shape index (κ3) is 5.06. The zero-order valence-corrected chi connectivity index (χ0v) is 15.7. The van der Waals surface area contributed by atoms with Crippen LogP contribution in [-0.4, -0.2) is 10.5 Å². The van der Waals surface area contributed by atoms with Crippen LogP contribution in [0, 0.1) is 0 Å². The molecule has 1 amide bonds. The van der Waals surface area contributed by atoms with Gasteiger partial charge in [-0.05, 0) is 35.4 Å². The number of carbonyl (C=O) groups excluding carboxylic acids is 1. The molecule has 29 heavy (non-hydrogen) atoms. The Balaban J connectivity index is 1.87. The number of pyridine rings is 1. The highest BCUT2D eigenvalue weighted by atomic mass is 35.5. The molecule has 0 aliphatic heterocycles. The minimum atomic E-state index is -4.79. The van der Waals surface area contributed by atoms with Crippen molar-refractivity contribution in [1.29, 1.82) is 0 Å². The zero-order chi connectivity index (χ0) is 21.0. The van der Waals surface area contributed by atoms with E-state index in [-0.39, 0.29) is 0 Å². The highest BCUT2D eigenvalue weighted by Crippen LogP contribution is 2.26. The predicted molar refractivity (Wildman–Crippen MR) is 104 cm³/mol. The number of rotatable bonds is 5. The number of alkyl halides is 3. The quantitative estimate of drug-likeness (QED) is 0.664. The Labute approximate surface area is 169 Å². The van der Waals surface area contributed by atoms with Gasteiger partial charge in [-0.1, -0.05) is 54.1 Å². The Morgan fingerprint density at radius 2 is 1.59 bits per heavy atom. The van der Waals surface area contributed by atoms with Crippen LogP contribution in [0.2, 0.25) is 5.02 Å². The summed E-state index contributed by atoms with van der Waals surface area (Å²) in [5.41, 5.74) is -1.06. The molecule has 2 aromatic carbocycles. The molecule has 0 fully saturated rings. The highest BCUT2D eigenvalue weighted by molar-refractivity contribution is 6.30. The molecule has 1 heterocycles. The molecule has 0 saturated heterocycles. The van der Waals surface area contributed by atoms with Crippen LogP contribution >= 0.6 is 11.6 Å². The lowest BCUT2D eigenvalue weighted by atomic mass is 9.98. The summed E-state index contributed by atoms with van der Waals surface area (Å²) < 4.78 is 39.5. The summed E-state index contributed by atoms with van der Waals surface area (Å²) in [6.45, 7) is -0.542. The van der Waals surface area contributed by atoms with E-state index < -0.39 is 35.8 Å². The number of nitrogens with zero attached hydrogens (tertiary/aromatic N) is 1. The van der Waals surface area contributed by atoms with Gasteiger partial charge in [-0.15, -0.1) is 0 Å². The van der Waals surface area contributed by atoms with Crippen molar-refractivity contribution in [3.05, 3.63) is 105 Å². The third-order valence-electron chi connectivity index (χ3n) is 4.28. The smallest absolute Gasteiger partial charge is 0.344 e. The third-order valence-corrected chi connectivity index (χ3v) is 4.53. The van der Waals surface area contributed by atoms with Gasteiger partial charge in [0.25, 0.3) is 5.56 Å². The van der Waals surface area contributed by atoms with Crippen molar-refractivity contribution in [3.8, 4) is 0 Å². The molecule has 3 aromatic rings. The monoisotopic (exact) mass is 420 g/mol. The van der Waals surface area contributed by atoms with Crippen molar-refractivity contribution < 1.29 is 18.0 Å². The van der Waals surface area contributed by atoms with Crippen LogP contribution in [-0.2, 0) is 17.5 Å². The standard InChI is InChI=1S/C21H16ClF3N2O2/c22-16-10-8-15(9-11-16)19(14-5-2-1-3-6-14)26-18(28)13-27-12-4-7-17(20(27)29)21(23,24)25/h1-12,19H,13H2,(H,26,28). The minimum Gasteiger partial charge on any atom is -0.344 e. The molecule has 0 aliphatic carbocycles. The second-order valence-electron chi connectivity index (χ2n) is 6.32. The minimum absolute atomic E-state index is 0.530. The molecule has 4 nitrogen and oxygen atoms in total. The van der Waals surface area contributed by atoms with Gasteiger partial charge < -0.3 is 9.88 Å².